The maximum absolute atomic E-state index is 11.7. The summed E-state index contributed by atoms with van der Waals surface area (Å²) in [6.45, 7) is 3.36. The third-order valence-corrected chi connectivity index (χ3v) is 3.22. The smallest absolute Gasteiger partial charge is 0.232 e. The summed E-state index contributed by atoms with van der Waals surface area (Å²) in [5, 5.41) is 0. The molecule has 0 spiro atoms. The quantitative estimate of drug-likeness (QED) is 0.627. The minimum absolute atomic E-state index is 0.0180. The van der Waals surface area contributed by atoms with Crippen molar-refractivity contribution in [2.75, 3.05) is 26.2 Å². The largest absolute Gasteiger partial charge is 0.342 e. The zero-order valence-corrected chi connectivity index (χ0v) is 9.07. The van der Waals surface area contributed by atoms with Crippen molar-refractivity contribution in [1.29, 1.82) is 0 Å². The third kappa shape index (κ3) is 2.49. The van der Waals surface area contributed by atoms with Crippen LogP contribution in [0.1, 0.15) is 32.1 Å². The Morgan fingerprint density at radius 3 is 1.40 bits per heavy atom. The molecule has 0 N–H and O–H groups in total. The van der Waals surface area contributed by atoms with Gasteiger partial charge in [0.15, 0.2) is 0 Å². The highest BCUT2D eigenvalue weighted by Crippen LogP contribution is 2.12. The summed E-state index contributed by atoms with van der Waals surface area (Å²) >= 11 is 0. The fourth-order valence-electron chi connectivity index (χ4n) is 2.29. The second-order valence-electron chi connectivity index (χ2n) is 4.35. The number of amides is 2. The van der Waals surface area contributed by atoms with Crippen LogP contribution in [0.5, 0.6) is 0 Å². The summed E-state index contributed by atoms with van der Waals surface area (Å²) in [5.74, 6) is 0.0359. The molecule has 0 radical (unpaired) electrons. The van der Waals surface area contributed by atoms with Gasteiger partial charge in [0.2, 0.25) is 11.8 Å². The second kappa shape index (κ2) is 4.64. The van der Waals surface area contributed by atoms with Crippen LogP contribution in [0.15, 0.2) is 0 Å². The molecule has 0 aliphatic carbocycles. The monoisotopic (exact) mass is 210 g/mol. The van der Waals surface area contributed by atoms with Crippen LogP contribution in [0.4, 0.5) is 0 Å². The molecule has 4 heteroatoms. The fourth-order valence-corrected chi connectivity index (χ4v) is 2.29. The van der Waals surface area contributed by atoms with Gasteiger partial charge in [-0.3, -0.25) is 9.59 Å². The van der Waals surface area contributed by atoms with E-state index in [0.29, 0.717) is 0 Å². The number of hydrogen-bond acceptors (Lipinski definition) is 2. The van der Waals surface area contributed by atoms with Crippen molar-refractivity contribution in [2.45, 2.75) is 32.1 Å². The molecule has 0 aromatic carbocycles. The number of rotatable bonds is 2. The van der Waals surface area contributed by atoms with Gasteiger partial charge in [-0.15, -0.1) is 0 Å². The Labute approximate surface area is 90.2 Å². The van der Waals surface area contributed by atoms with E-state index in [4.69, 9.17) is 0 Å². The van der Waals surface area contributed by atoms with Crippen molar-refractivity contribution in [2.24, 2.45) is 0 Å². The lowest BCUT2D eigenvalue weighted by Crippen LogP contribution is -2.35. The molecule has 2 fully saturated rings. The molecular formula is C11H18N2O2. The average Bonchev–Trinajstić information content (AvgIpc) is 2.91. The lowest BCUT2D eigenvalue weighted by atomic mass is 10.3. The summed E-state index contributed by atoms with van der Waals surface area (Å²) < 4.78 is 0. The lowest BCUT2D eigenvalue weighted by molar-refractivity contribution is -0.139. The van der Waals surface area contributed by atoms with E-state index in [1.54, 1.807) is 0 Å². The first-order chi connectivity index (χ1) is 7.27. The van der Waals surface area contributed by atoms with Crippen LogP contribution in [0.25, 0.3) is 0 Å². The Morgan fingerprint density at radius 1 is 0.733 bits per heavy atom. The summed E-state index contributed by atoms with van der Waals surface area (Å²) in [4.78, 5) is 27.0. The van der Waals surface area contributed by atoms with Gasteiger partial charge in [0, 0.05) is 26.2 Å². The molecule has 0 aromatic heterocycles. The van der Waals surface area contributed by atoms with Crippen molar-refractivity contribution >= 4 is 11.8 Å². The first-order valence-corrected chi connectivity index (χ1v) is 5.83. The third-order valence-electron chi connectivity index (χ3n) is 3.22. The van der Waals surface area contributed by atoms with Gasteiger partial charge in [-0.25, -0.2) is 0 Å². The van der Waals surface area contributed by atoms with Crippen LogP contribution in [0.3, 0.4) is 0 Å². The van der Waals surface area contributed by atoms with E-state index in [0.717, 1.165) is 51.9 Å². The van der Waals surface area contributed by atoms with E-state index in [1.165, 1.54) is 0 Å². The second-order valence-corrected chi connectivity index (χ2v) is 4.35. The highest BCUT2D eigenvalue weighted by Gasteiger charge is 2.24. The van der Waals surface area contributed by atoms with Crippen molar-refractivity contribution in [3.63, 3.8) is 0 Å². The first kappa shape index (κ1) is 10.5. The molecule has 0 bridgehead atoms. The van der Waals surface area contributed by atoms with Gasteiger partial charge >= 0.3 is 0 Å². The van der Waals surface area contributed by atoms with E-state index < -0.39 is 0 Å². The zero-order valence-electron chi connectivity index (χ0n) is 9.07. The fraction of sp³-hybridized carbons (Fsp3) is 0.818. The first-order valence-electron chi connectivity index (χ1n) is 5.83. The number of nitrogens with zero attached hydrogens (tertiary/aromatic N) is 2. The molecule has 2 aliphatic heterocycles. The molecule has 4 nitrogen and oxygen atoms in total. The van der Waals surface area contributed by atoms with E-state index in [2.05, 4.69) is 0 Å². The van der Waals surface area contributed by atoms with Crippen molar-refractivity contribution in [1.82, 2.24) is 9.80 Å². The van der Waals surface area contributed by atoms with Crippen LogP contribution < -0.4 is 0 Å². The number of carbonyl (C=O) groups excluding carboxylic acids is 2. The standard InChI is InChI=1S/C11H18N2O2/c14-10(12-5-1-2-6-12)9-11(15)13-7-3-4-8-13/h1-9H2. The van der Waals surface area contributed by atoms with E-state index in [1.807, 2.05) is 9.80 Å². The van der Waals surface area contributed by atoms with Crippen LogP contribution in [0, 0.1) is 0 Å². The highest BCUT2D eigenvalue weighted by molar-refractivity contribution is 5.97. The minimum atomic E-state index is 0.0180. The highest BCUT2D eigenvalue weighted by atomic mass is 16.2. The molecule has 84 valence electrons. The SMILES string of the molecule is O=C(CC(=O)N1CCCC1)N1CCCC1. The average molecular weight is 210 g/mol. The van der Waals surface area contributed by atoms with E-state index >= 15 is 0 Å². The summed E-state index contributed by atoms with van der Waals surface area (Å²) in [6, 6.07) is 0. The van der Waals surface area contributed by atoms with Gasteiger partial charge in [-0.05, 0) is 25.7 Å². The van der Waals surface area contributed by atoms with Crippen LogP contribution >= 0.6 is 0 Å². The maximum atomic E-state index is 11.7. The Morgan fingerprint density at radius 2 is 1.07 bits per heavy atom. The van der Waals surface area contributed by atoms with E-state index in [9.17, 15) is 9.59 Å². The minimum Gasteiger partial charge on any atom is -0.342 e. The molecule has 2 aliphatic rings. The molecule has 2 heterocycles. The van der Waals surface area contributed by atoms with Gasteiger partial charge in [0.25, 0.3) is 0 Å². The van der Waals surface area contributed by atoms with Crippen molar-refractivity contribution < 1.29 is 9.59 Å². The zero-order chi connectivity index (χ0) is 10.7. The van der Waals surface area contributed by atoms with E-state index in [-0.39, 0.29) is 18.2 Å². The Hall–Kier alpha value is -1.06. The van der Waals surface area contributed by atoms with Crippen molar-refractivity contribution in [3.8, 4) is 0 Å². The number of hydrogen-bond donors (Lipinski definition) is 0. The molecule has 0 atom stereocenters. The van der Waals surface area contributed by atoms with Crippen LogP contribution in [-0.2, 0) is 9.59 Å². The predicted octanol–water partition coefficient (Wildman–Crippen LogP) is 0.621. The molecule has 2 saturated heterocycles. The molecule has 2 amide bonds. The Balaban J connectivity index is 1.79. The van der Waals surface area contributed by atoms with Crippen LogP contribution in [0.2, 0.25) is 0 Å². The van der Waals surface area contributed by atoms with Gasteiger partial charge in [-0.2, -0.15) is 0 Å². The number of carbonyl (C=O) groups is 2. The summed E-state index contributed by atoms with van der Waals surface area (Å²) in [6.07, 6.45) is 4.43. The van der Waals surface area contributed by atoms with Gasteiger partial charge in [-0.1, -0.05) is 0 Å². The molecule has 0 unspecified atom stereocenters. The Bertz CT molecular complexity index is 227. The summed E-state index contributed by atoms with van der Waals surface area (Å²) in [7, 11) is 0. The van der Waals surface area contributed by atoms with Gasteiger partial charge in [0.05, 0.1) is 0 Å². The number of likely N-dealkylation sites (tertiary alicyclic amines) is 2. The molecule has 15 heavy (non-hydrogen) atoms. The maximum Gasteiger partial charge on any atom is 0.232 e. The molecule has 0 aromatic rings. The Kier molecular flexibility index (Phi) is 3.23. The van der Waals surface area contributed by atoms with Crippen molar-refractivity contribution in [3.05, 3.63) is 0 Å². The van der Waals surface area contributed by atoms with Crippen LogP contribution in [-0.4, -0.2) is 47.8 Å². The van der Waals surface area contributed by atoms with Gasteiger partial charge < -0.3 is 9.80 Å². The topological polar surface area (TPSA) is 40.6 Å². The van der Waals surface area contributed by atoms with Gasteiger partial charge in [0.1, 0.15) is 6.42 Å². The molecule has 0 saturated carbocycles. The normalized spacial score (nSPS) is 21.1. The summed E-state index contributed by atoms with van der Waals surface area (Å²) in [5.41, 5.74) is 0. The molecule has 2 rings (SSSR count). The molecular weight excluding hydrogens is 192 g/mol. The predicted molar refractivity (Wildman–Crippen MR) is 56.2 cm³/mol. The lowest BCUT2D eigenvalue weighted by Gasteiger charge is -2.18.